The molecule has 2 aromatic rings. The summed E-state index contributed by atoms with van der Waals surface area (Å²) in [5.41, 5.74) is 1.20. The number of benzene rings is 2. The van der Waals surface area contributed by atoms with Crippen molar-refractivity contribution in [3.63, 3.8) is 0 Å². The zero-order valence-electron chi connectivity index (χ0n) is 10.2. The van der Waals surface area contributed by atoms with E-state index in [-0.39, 0.29) is 5.82 Å². The van der Waals surface area contributed by atoms with E-state index in [1.165, 1.54) is 13.2 Å². The fraction of sp³-hybridized carbons (Fsp3) is 0.143. The van der Waals surface area contributed by atoms with Crippen LogP contribution < -0.4 is 10.1 Å². The highest BCUT2D eigenvalue weighted by molar-refractivity contribution is 6.43. The van der Waals surface area contributed by atoms with Gasteiger partial charge in [-0.25, -0.2) is 4.39 Å². The maximum Gasteiger partial charge on any atom is 0.131 e. The molecule has 2 rings (SSSR count). The third-order valence-corrected chi connectivity index (χ3v) is 3.50. The molecule has 0 bridgehead atoms. The molecule has 0 radical (unpaired) electrons. The lowest BCUT2D eigenvalue weighted by Crippen LogP contribution is -2.02. The van der Waals surface area contributed by atoms with Gasteiger partial charge in [0.1, 0.15) is 11.6 Å². The van der Waals surface area contributed by atoms with Gasteiger partial charge in [0.05, 0.1) is 22.8 Å². The summed E-state index contributed by atoms with van der Waals surface area (Å²) in [7, 11) is 1.50. The van der Waals surface area contributed by atoms with Crippen LogP contribution in [0.5, 0.6) is 5.75 Å². The molecule has 1 N–H and O–H groups in total. The molecule has 0 amide bonds. The van der Waals surface area contributed by atoms with Crippen molar-refractivity contribution in [1.29, 1.82) is 0 Å². The summed E-state index contributed by atoms with van der Waals surface area (Å²) in [6.45, 7) is 0.315. The van der Waals surface area contributed by atoms with Gasteiger partial charge in [0.15, 0.2) is 0 Å². The third kappa shape index (κ3) is 3.31. The van der Waals surface area contributed by atoms with Crippen LogP contribution in [0.25, 0.3) is 0 Å². The van der Waals surface area contributed by atoms with Crippen LogP contribution in [0.4, 0.5) is 10.1 Å². The van der Waals surface area contributed by atoms with E-state index in [4.69, 9.17) is 27.9 Å². The normalized spacial score (nSPS) is 10.3. The van der Waals surface area contributed by atoms with Crippen molar-refractivity contribution >= 4 is 28.9 Å². The maximum absolute atomic E-state index is 13.7. The van der Waals surface area contributed by atoms with Gasteiger partial charge in [-0.1, -0.05) is 35.3 Å². The molecule has 0 heterocycles. The van der Waals surface area contributed by atoms with E-state index < -0.39 is 0 Å². The smallest absolute Gasteiger partial charge is 0.131 e. The van der Waals surface area contributed by atoms with E-state index in [0.717, 1.165) is 0 Å². The maximum atomic E-state index is 13.7. The molecular formula is C14H12Cl2FNO. The first kappa shape index (κ1) is 14.0. The number of hydrogen-bond donors (Lipinski definition) is 1. The standard InChI is InChI=1S/C14H12Cl2FNO/c1-19-10-6-5-9(12(17)7-10)8-18-13-4-2-3-11(15)14(13)16/h2-7,18H,8H2,1H3. The van der Waals surface area contributed by atoms with Gasteiger partial charge in [-0.15, -0.1) is 0 Å². The average Bonchev–Trinajstić information content (AvgIpc) is 2.41. The molecule has 0 atom stereocenters. The molecule has 0 unspecified atom stereocenters. The van der Waals surface area contributed by atoms with Crippen LogP contribution in [0.1, 0.15) is 5.56 Å². The summed E-state index contributed by atoms with van der Waals surface area (Å²) >= 11 is 11.9. The number of rotatable bonds is 4. The van der Waals surface area contributed by atoms with E-state index in [1.54, 1.807) is 30.3 Å². The Morgan fingerprint density at radius 1 is 1.21 bits per heavy atom. The Balaban J connectivity index is 2.12. The van der Waals surface area contributed by atoms with Gasteiger partial charge < -0.3 is 10.1 Å². The Bertz CT molecular complexity index is 590. The predicted octanol–water partition coefficient (Wildman–Crippen LogP) is 4.75. The molecule has 0 saturated carbocycles. The second-order valence-electron chi connectivity index (χ2n) is 3.91. The molecule has 0 aromatic heterocycles. The summed E-state index contributed by atoms with van der Waals surface area (Å²) in [6.07, 6.45) is 0. The average molecular weight is 300 g/mol. The summed E-state index contributed by atoms with van der Waals surface area (Å²) in [4.78, 5) is 0. The first-order valence-corrected chi connectivity index (χ1v) is 6.37. The molecule has 0 saturated heterocycles. The van der Waals surface area contributed by atoms with Gasteiger partial charge in [-0.2, -0.15) is 0 Å². The van der Waals surface area contributed by atoms with Crippen molar-refractivity contribution in [2.45, 2.75) is 6.54 Å². The van der Waals surface area contributed by atoms with Gasteiger partial charge in [-0.3, -0.25) is 0 Å². The van der Waals surface area contributed by atoms with E-state index in [2.05, 4.69) is 5.32 Å². The molecule has 100 valence electrons. The lowest BCUT2D eigenvalue weighted by atomic mass is 10.2. The number of nitrogens with one attached hydrogen (secondary N) is 1. The van der Waals surface area contributed by atoms with Crippen molar-refractivity contribution in [2.75, 3.05) is 12.4 Å². The molecule has 0 fully saturated rings. The Labute approximate surface area is 121 Å². The van der Waals surface area contributed by atoms with E-state index in [1.807, 2.05) is 0 Å². The van der Waals surface area contributed by atoms with Gasteiger partial charge in [-0.05, 0) is 18.2 Å². The minimum Gasteiger partial charge on any atom is -0.497 e. The molecule has 5 heteroatoms. The van der Waals surface area contributed by atoms with Gasteiger partial charge in [0.2, 0.25) is 0 Å². The first-order valence-electron chi connectivity index (χ1n) is 5.62. The van der Waals surface area contributed by atoms with Crippen LogP contribution in [0.15, 0.2) is 36.4 Å². The van der Waals surface area contributed by atoms with Crippen molar-refractivity contribution in [3.8, 4) is 5.75 Å². The van der Waals surface area contributed by atoms with E-state index >= 15 is 0 Å². The zero-order valence-corrected chi connectivity index (χ0v) is 11.7. The van der Waals surface area contributed by atoms with Crippen LogP contribution in [0.3, 0.4) is 0 Å². The fourth-order valence-corrected chi connectivity index (χ4v) is 2.00. The Hall–Kier alpha value is -1.45. The van der Waals surface area contributed by atoms with Crippen molar-refractivity contribution in [1.82, 2.24) is 0 Å². The van der Waals surface area contributed by atoms with Gasteiger partial charge >= 0.3 is 0 Å². The summed E-state index contributed by atoms with van der Waals surface area (Å²) < 4.78 is 18.7. The number of ether oxygens (including phenoxy) is 1. The summed E-state index contributed by atoms with van der Waals surface area (Å²) in [5.74, 6) is 0.159. The van der Waals surface area contributed by atoms with Crippen LogP contribution in [-0.4, -0.2) is 7.11 Å². The van der Waals surface area contributed by atoms with Crippen molar-refractivity contribution < 1.29 is 9.13 Å². The number of methoxy groups -OCH3 is 1. The Morgan fingerprint density at radius 2 is 2.00 bits per heavy atom. The number of halogens is 3. The van der Waals surface area contributed by atoms with Gasteiger partial charge in [0.25, 0.3) is 0 Å². The highest BCUT2D eigenvalue weighted by atomic mass is 35.5. The molecule has 0 aliphatic carbocycles. The molecule has 0 aliphatic heterocycles. The third-order valence-electron chi connectivity index (χ3n) is 2.68. The summed E-state index contributed by atoms with van der Waals surface area (Å²) in [5, 5.41) is 3.94. The monoisotopic (exact) mass is 299 g/mol. The van der Waals surface area contributed by atoms with Crippen LogP contribution in [0.2, 0.25) is 10.0 Å². The predicted molar refractivity (Wildman–Crippen MR) is 76.7 cm³/mol. The molecule has 0 spiro atoms. The topological polar surface area (TPSA) is 21.3 Å². The lowest BCUT2D eigenvalue weighted by Gasteiger charge is -2.10. The van der Waals surface area contributed by atoms with Crippen molar-refractivity contribution in [3.05, 3.63) is 57.8 Å². The second kappa shape index (κ2) is 6.13. The molecule has 19 heavy (non-hydrogen) atoms. The Morgan fingerprint density at radius 3 is 2.68 bits per heavy atom. The van der Waals surface area contributed by atoms with E-state index in [9.17, 15) is 4.39 Å². The van der Waals surface area contributed by atoms with Crippen LogP contribution in [0, 0.1) is 5.82 Å². The minimum atomic E-state index is -0.329. The molecule has 2 aromatic carbocycles. The highest BCUT2D eigenvalue weighted by Gasteiger charge is 2.07. The lowest BCUT2D eigenvalue weighted by molar-refractivity contribution is 0.411. The largest absolute Gasteiger partial charge is 0.497 e. The first-order chi connectivity index (χ1) is 9.11. The zero-order chi connectivity index (χ0) is 13.8. The Kier molecular flexibility index (Phi) is 4.51. The molecule has 2 nitrogen and oxygen atoms in total. The fourth-order valence-electron chi connectivity index (χ4n) is 1.63. The highest BCUT2D eigenvalue weighted by Crippen LogP contribution is 2.30. The SMILES string of the molecule is COc1ccc(CNc2cccc(Cl)c2Cl)c(F)c1. The minimum absolute atomic E-state index is 0.315. The van der Waals surface area contributed by atoms with Crippen molar-refractivity contribution in [2.24, 2.45) is 0 Å². The second-order valence-corrected chi connectivity index (χ2v) is 4.70. The number of anilines is 1. The molecular weight excluding hydrogens is 288 g/mol. The van der Waals surface area contributed by atoms with Crippen LogP contribution in [-0.2, 0) is 6.54 Å². The van der Waals surface area contributed by atoms with Gasteiger partial charge in [0, 0.05) is 18.2 Å². The quantitative estimate of drug-likeness (QED) is 0.879. The molecule has 0 aliphatic rings. The summed E-state index contributed by atoms with van der Waals surface area (Å²) in [6, 6.07) is 9.98. The van der Waals surface area contributed by atoms with Crippen LogP contribution >= 0.6 is 23.2 Å². The van der Waals surface area contributed by atoms with E-state index in [0.29, 0.717) is 33.6 Å². The number of hydrogen-bond acceptors (Lipinski definition) is 2.